The average Bonchev–Trinajstić information content (AvgIpc) is 2.74. The molecule has 0 aromatic heterocycles. The first-order valence-corrected chi connectivity index (χ1v) is 8.99. The summed E-state index contributed by atoms with van der Waals surface area (Å²) in [4.78, 5) is 46.0. The quantitative estimate of drug-likeness (QED) is 0.351. The van der Waals surface area contributed by atoms with Gasteiger partial charge in [-0.3, -0.25) is 19.7 Å². The van der Waals surface area contributed by atoms with E-state index in [1.807, 2.05) is 0 Å². The molecular formula is C20H18N4O7. The summed E-state index contributed by atoms with van der Waals surface area (Å²) in [5.74, 6) is -1.77. The number of hydrogen-bond donors (Lipinski definition) is 2. The maximum Gasteiger partial charge on any atom is 0.338 e. The van der Waals surface area contributed by atoms with Gasteiger partial charge in [-0.15, -0.1) is 0 Å². The van der Waals surface area contributed by atoms with E-state index >= 15 is 0 Å². The molecule has 31 heavy (non-hydrogen) atoms. The van der Waals surface area contributed by atoms with Gasteiger partial charge in [0.1, 0.15) is 17.9 Å². The van der Waals surface area contributed by atoms with Gasteiger partial charge in [0, 0.05) is 5.69 Å². The molecule has 160 valence electrons. The number of esters is 1. The van der Waals surface area contributed by atoms with Crippen LogP contribution in [0.3, 0.4) is 0 Å². The summed E-state index contributed by atoms with van der Waals surface area (Å²) in [5.41, 5.74) is 0.0853. The Morgan fingerprint density at radius 1 is 1.10 bits per heavy atom. The Morgan fingerprint density at radius 3 is 2.42 bits per heavy atom. The van der Waals surface area contributed by atoms with E-state index in [0.29, 0.717) is 12.3 Å². The highest BCUT2D eigenvalue weighted by molar-refractivity contribution is 5.97. The summed E-state index contributed by atoms with van der Waals surface area (Å²) in [6.45, 7) is 1.39. The van der Waals surface area contributed by atoms with Crippen LogP contribution in [0, 0.1) is 21.4 Å². The molecule has 11 nitrogen and oxygen atoms in total. The number of amides is 2. The number of nitro groups is 1. The number of nitro benzene ring substituents is 1. The predicted octanol–water partition coefficient (Wildman–Crippen LogP) is 2.64. The lowest BCUT2D eigenvalue weighted by molar-refractivity contribution is -0.384. The molecule has 11 heteroatoms. The molecule has 0 aliphatic rings. The van der Waals surface area contributed by atoms with E-state index < -0.39 is 29.3 Å². The molecule has 0 saturated carbocycles. The molecule has 2 aromatic rings. The summed E-state index contributed by atoms with van der Waals surface area (Å²) in [5, 5.41) is 24.5. The van der Waals surface area contributed by atoms with E-state index in [1.165, 1.54) is 42.5 Å². The first-order chi connectivity index (χ1) is 14.8. The van der Waals surface area contributed by atoms with Crippen LogP contribution in [0.4, 0.5) is 17.1 Å². The SMILES string of the molecule is CCOc1ccc(NC(=O)COC(=O)c2ccc(NC(=O)CC#N)cc2)c([N+](=O)[O-])c1. The van der Waals surface area contributed by atoms with Gasteiger partial charge in [-0.1, -0.05) is 0 Å². The second kappa shape index (κ2) is 10.9. The maximum absolute atomic E-state index is 12.1. The molecule has 2 amide bonds. The van der Waals surface area contributed by atoms with Crippen LogP contribution in [-0.2, 0) is 14.3 Å². The van der Waals surface area contributed by atoms with Gasteiger partial charge in [-0.25, -0.2) is 4.79 Å². The minimum atomic E-state index is -0.800. The highest BCUT2D eigenvalue weighted by atomic mass is 16.6. The third-order valence-electron chi connectivity index (χ3n) is 3.73. The molecular weight excluding hydrogens is 408 g/mol. The van der Waals surface area contributed by atoms with Gasteiger partial charge in [-0.2, -0.15) is 5.26 Å². The number of carbonyl (C=O) groups excluding carboxylic acids is 3. The van der Waals surface area contributed by atoms with Gasteiger partial charge in [-0.05, 0) is 43.3 Å². The minimum Gasteiger partial charge on any atom is -0.494 e. The highest BCUT2D eigenvalue weighted by Crippen LogP contribution is 2.29. The standard InChI is InChI=1S/C20H18N4O7/c1-2-30-15-7-8-16(17(11-15)24(28)29)23-19(26)12-31-20(27)13-3-5-14(6-4-13)22-18(25)9-10-21/h3-8,11H,2,9,12H2,1H3,(H,22,25)(H,23,26). The second-order valence-corrected chi connectivity index (χ2v) is 5.95. The third kappa shape index (κ3) is 6.82. The molecule has 0 heterocycles. The smallest absolute Gasteiger partial charge is 0.338 e. The monoisotopic (exact) mass is 426 g/mol. The van der Waals surface area contributed by atoms with Crippen molar-refractivity contribution in [3.05, 3.63) is 58.1 Å². The van der Waals surface area contributed by atoms with Crippen molar-refractivity contribution in [2.75, 3.05) is 23.8 Å². The van der Waals surface area contributed by atoms with Gasteiger partial charge >= 0.3 is 5.97 Å². The summed E-state index contributed by atoms with van der Waals surface area (Å²) < 4.78 is 10.1. The molecule has 2 aromatic carbocycles. The van der Waals surface area contributed by atoms with Crippen molar-refractivity contribution in [1.29, 1.82) is 5.26 Å². The van der Waals surface area contributed by atoms with E-state index in [2.05, 4.69) is 10.6 Å². The van der Waals surface area contributed by atoms with Crippen molar-refractivity contribution in [3.8, 4) is 11.8 Å². The van der Waals surface area contributed by atoms with Crippen molar-refractivity contribution in [1.82, 2.24) is 0 Å². The lowest BCUT2D eigenvalue weighted by Gasteiger charge is -2.09. The molecule has 0 bridgehead atoms. The Bertz CT molecular complexity index is 1030. The van der Waals surface area contributed by atoms with Crippen molar-refractivity contribution in [2.24, 2.45) is 0 Å². The van der Waals surface area contributed by atoms with Crippen molar-refractivity contribution in [2.45, 2.75) is 13.3 Å². The Hall–Kier alpha value is -4.46. The summed E-state index contributed by atoms with van der Waals surface area (Å²) >= 11 is 0. The Kier molecular flexibility index (Phi) is 8.04. The summed E-state index contributed by atoms with van der Waals surface area (Å²) in [6.07, 6.45) is -0.300. The van der Waals surface area contributed by atoms with Crippen LogP contribution >= 0.6 is 0 Å². The number of anilines is 2. The normalized spacial score (nSPS) is 9.81. The maximum atomic E-state index is 12.1. The zero-order chi connectivity index (χ0) is 22.8. The van der Waals surface area contributed by atoms with Crippen LogP contribution in [0.2, 0.25) is 0 Å². The van der Waals surface area contributed by atoms with E-state index in [9.17, 15) is 24.5 Å². The first-order valence-electron chi connectivity index (χ1n) is 8.99. The van der Waals surface area contributed by atoms with E-state index in [-0.39, 0.29) is 29.1 Å². The van der Waals surface area contributed by atoms with Crippen molar-refractivity contribution < 1.29 is 28.8 Å². The van der Waals surface area contributed by atoms with Crippen LogP contribution in [0.25, 0.3) is 0 Å². The molecule has 0 atom stereocenters. The average molecular weight is 426 g/mol. The van der Waals surface area contributed by atoms with Gasteiger partial charge < -0.3 is 20.1 Å². The van der Waals surface area contributed by atoms with Crippen molar-refractivity contribution >= 4 is 34.8 Å². The highest BCUT2D eigenvalue weighted by Gasteiger charge is 2.18. The molecule has 0 saturated heterocycles. The number of ether oxygens (including phenoxy) is 2. The van der Waals surface area contributed by atoms with Crippen molar-refractivity contribution in [3.63, 3.8) is 0 Å². The van der Waals surface area contributed by atoms with Gasteiger partial charge in [0.25, 0.3) is 11.6 Å². The predicted molar refractivity (Wildman–Crippen MR) is 108 cm³/mol. The molecule has 2 rings (SSSR count). The molecule has 2 N–H and O–H groups in total. The zero-order valence-corrected chi connectivity index (χ0v) is 16.4. The molecule has 0 radical (unpaired) electrons. The molecule has 0 aliphatic heterocycles. The second-order valence-electron chi connectivity index (χ2n) is 5.95. The van der Waals surface area contributed by atoms with Crippen LogP contribution in [-0.4, -0.2) is 35.9 Å². The van der Waals surface area contributed by atoms with Gasteiger partial charge in [0.05, 0.1) is 29.2 Å². The Morgan fingerprint density at radius 2 is 1.81 bits per heavy atom. The lowest BCUT2D eigenvalue weighted by atomic mass is 10.2. The van der Waals surface area contributed by atoms with Gasteiger partial charge in [0.15, 0.2) is 6.61 Å². The minimum absolute atomic E-state index is 0.0630. The number of nitriles is 1. The third-order valence-corrected chi connectivity index (χ3v) is 3.73. The molecule has 0 fully saturated rings. The molecule has 0 aliphatic carbocycles. The zero-order valence-electron chi connectivity index (χ0n) is 16.4. The molecule has 0 unspecified atom stereocenters. The van der Waals surface area contributed by atoms with Crippen LogP contribution in [0.5, 0.6) is 5.75 Å². The summed E-state index contributed by atoms with van der Waals surface area (Å²) in [6, 6.07) is 11.3. The van der Waals surface area contributed by atoms with E-state index in [1.54, 1.807) is 13.0 Å². The fourth-order valence-electron chi connectivity index (χ4n) is 2.39. The number of nitrogens with one attached hydrogen (secondary N) is 2. The Labute approximate surface area is 176 Å². The summed E-state index contributed by atoms with van der Waals surface area (Å²) in [7, 11) is 0. The number of nitrogens with zero attached hydrogens (tertiary/aromatic N) is 2. The van der Waals surface area contributed by atoms with Crippen LogP contribution in [0.15, 0.2) is 42.5 Å². The number of carbonyl (C=O) groups is 3. The number of rotatable bonds is 9. The topological polar surface area (TPSA) is 161 Å². The fraction of sp³-hybridized carbons (Fsp3) is 0.200. The number of benzene rings is 2. The first kappa shape index (κ1) is 22.8. The van der Waals surface area contributed by atoms with Crippen LogP contribution in [0.1, 0.15) is 23.7 Å². The number of hydrogen-bond acceptors (Lipinski definition) is 8. The van der Waals surface area contributed by atoms with E-state index in [0.717, 1.165) is 0 Å². The van der Waals surface area contributed by atoms with E-state index in [4.69, 9.17) is 14.7 Å². The van der Waals surface area contributed by atoms with Gasteiger partial charge in [0.2, 0.25) is 5.91 Å². The molecule has 0 spiro atoms. The lowest BCUT2D eigenvalue weighted by Crippen LogP contribution is -2.21. The Balaban J connectivity index is 1.94. The largest absolute Gasteiger partial charge is 0.494 e. The van der Waals surface area contributed by atoms with Crippen LogP contribution < -0.4 is 15.4 Å². The fourth-order valence-corrected chi connectivity index (χ4v) is 2.39.